The molecule has 5 aromatic rings. The molecular weight excluding hydrogens is 452 g/mol. The van der Waals surface area contributed by atoms with E-state index in [0.717, 1.165) is 26.3 Å². The van der Waals surface area contributed by atoms with Gasteiger partial charge in [-0.1, -0.05) is 5.21 Å². The number of pyridine rings is 1. The van der Waals surface area contributed by atoms with Crippen LogP contribution >= 0.6 is 11.3 Å². The van der Waals surface area contributed by atoms with Crippen molar-refractivity contribution in [2.75, 3.05) is 0 Å². The number of H-pyrrole nitrogens is 1. The first kappa shape index (κ1) is 20.9. The molecule has 0 radical (unpaired) electrons. The number of nitrogens with zero attached hydrogens (tertiary/aromatic N) is 7. The topological polar surface area (TPSA) is 119 Å². The van der Waals surface area contributed by atoms with Crippen LogP contribution in [0.5, 0.6) is 0 Å². The molecule has 0 aliphatic heterocycles. The molecule has 0 saturated carbocycles. The summed E-state index contributed by atoms with van der Waals surface area (Å²) in [6.45, 7) is 3.73. The summed E-state index contributed by atoms with van der Waals surface area (Å²) in [5.41, 5.74) is 1.12. The molecule has 2 N–H and O–H groups in total. The van der Waals surface area contributed by atoms with Gasteiger partial charge < -0.3 is 10.3 Å². The van der Waals surface area contributed by atoms with E-state index < -0.39 is 24.1 Å². The van der Waals surface area contributed by atoms with Crippen molar-refractivity contribution >= 4 is 22.9 Å². The van der Waals surface area contributed by atoms with Crippen LogP contribution in [0.2, 0.25) is 0 Å². The Morgan fingerprint density at radius 3 is 2.79 bits per heavy atom. The van der Waals surface area contributed by atoms with Crippen LogP contribution in [0, 0.1) is 6.92 Å². The lowest BCUT2D eigenvalue weighted by molar-refractivity contribution is 0.0938. The molecule has 1 atom stereocenters. The van der Waals surface area contributed by atoms with E-state index in [-0.39, 0.29) is 11.3 Å². The van der Waals surface area contributed by atoms with Crippen molar-refractivity contribution < 1.29 is 13.6 Å². The number of hydrogen-bond donors (Lipinski definition) is 2. The van der Waals surface area contributed by atoms with E-state index in [0.29, 0.717) is 11.5 Å². The highest BCUT2D eigenvalue weighted by Crippen LogP contribution is 2.31. The highest BCUT2D eigenvalue weighted by molar-refractivity contribution is 7.15. The summed E-state index contributed by atoms with van der Waals surface area (Å²) in [7, 11) is 0. The fourth-order valence-electron chi connectivity index (χ4n) is 3.46. The van der Waals surface area contributed by atoms with E-state index >= 15 is 0 Å². The number of aromatic nitrogens is 8. The monoisotopic (exact) mass is 469 g/mol. The summed E-state index contributed by atoms with van der Waals surface area (Å²) in [5.74, 6) is 0.0565. The molecule has 1 amide bonds. The highest BCUT2D eigenvalue weighted by Gasteiger charge is 2.23. The van der Waals surface area contributed by atoms with Gasteiger partial charge in [0.15, 0.2) is 11.5 Å². The molecule has 0 bridgehead atoms. The van der Waals surface area contributed by atoms with E-state index in [1.165, 1.54) is 12.4 Å². The zero-order valence-electron chi connectivity index (χ0n) is 17.4. The number of halogens is 2. The Labute approximate surface area is 189 Å². The first-order valence-corrected chi connectivity index (χ1v) is 10.7. The molecule has 0 aliphatic carbocycles. The van der Waals surface area contributed by atoms with Gasteiger partial charge in [0.05, 0.1) is 34.6 Å². The van der Waals surface area contributed by atoms with E-state index in [1.807, 2.05) is 19.1 Å². The van der Waals surface area contributed by atoms with Crippen molar-refractivity contribution in [2.45, 2.75) is 26.3 Å². The average Bonchev–Trinajstić information content (AvgIpc) is 3.59. The molecule has 5 rings (SSSR count). The normalized spacial score (nSPS) is 12.5. The van der Waals surface area contributed by atoms with E-state index in [2.05, 4.69) is 35.8 Å². The SMILES string of the molecule is Cc1ccc(-c2cnc3c(-n4nncc4C(F)F)cc(C(=O)N[C@@H](C)c4nnc[nH]4)cn23)s1. The van der Waals surface area contributed by atoms with Gasteiger partial charge in [-0.05, 0) is 32.0 Å². The molecule has 0 unspecified atom stereocenters. The van der Waals surface area contributed by atoms with Gasteiger partial charge in [0.25, 0.3) is 12.3 Å². The lowest BCUT2D eigenvalue weighted by atomic mass is 10.2. The van der Waals surface area contributed by atoms with Crippen molar-refractivity contribution in [3.05, 3.63) is 65.1 Å². The second kappa shape index (κ2) is 8.16. The summed E-state index contributed by atoms with van der Waals surface area (Å²) in [4.78, 5) is 22.4. The minimum Gasteiger partial charge on any atom is -0.342 e. The molecule has 5 heterocycles. The van der Waals surface area contributed by atoms with E-state index in [4.69, 9.17) is 0 Å². The quantitative estimate of drug-likeness (QED) is 0.393. The van der Waals surface area contributed by atoms with Crippen LogP contribution in [-0.4, -0.2) is 45.5 Å². The third-order valence-electron chi connectivity index (χ3n) is 5.06. The van der Waals surface area contributed by atoms with Gasteiger partial charge >= 0.3 is 0 Å². The molecule has 0 spiro atoms. The number of carbonyl (C=O) groups is 1. The molecule has 0 aliphatic rings. The average molecular weight is 469 g/mol. The number of imidazole rings is 1. The molecule has 5 aromatic heterocycles. The van der Waals surface area contributed by atoms with Gasteiger partial charge in [-0.15, -0.1) is 26.6 Å². The van der Waals surface area contributed by atoms with E-state index in [1.54, 1.807) is 35.1 Å². The maximum atomic E-state index is 13.6. The minimum absolute atomic E-state index is 0.210. The van der Waals surface area contributed by atoms with Crippen molar-refractivity contribution in [1.82, 2.24) is 44.9 Å². The maximum Gasteiger partial charge on any atom is 0.282 e. The van der Waals surface area contributed by atoms with Crippen molar-refractivity contribution in [2.24, 2.45) is 0 Å². The predicted octanol–water partition coefficient (Wildman–Crippen LogP) is 3.50. The third kappa shape index (κ3) is 3.75. The Balaban J connectivity index is 1.66. The van der Waals surface area contributed by atoms with Gasteiger partial charge in [0, 0.05) is 11.1 Å². The van der Waals surface area contributed by atoms with Crippen LogP contribution in [0.15, 0.2) is 43.1 Å². The molecule has 168 valence electrons. The number of aromatic amines is 1. The van der Waals surface area contributed by atoms with Crippen LogP contribution in [0.1, 0.15) is 46.1 Å². The number of amides is 1. The van der Waals surface area contributed by atoms with Crippen LogP contribution in [0.4, 0.5) is 8.78 Å². The lowest BCUT2D eigenvalue weighted by Gasteiger charge is -2.14. The van der Waals surface area contributed by atoms with Gasteiger partial charge in [-0.3, -0.25) is 9.20 Å². The minimum atomic E-state index is -2.81. The fraction of sp³-hybridized carbons (Fsp3) is 0.200. The predicted molar refractivity (Wildman–Crippen MR) is 115 cm³/mol. The van der Waals surface area contributed by atoms with Crippen molar-refractivity contribution in [3.63, 3.8) is 0 Å². The standard InChI is InChI=1S/C20H17F2N9OS/c1-10-3-4-16(33-10)14-6-23-19-13(31-15(17(21)22)7-25-29-31)5-12(8-30(14)19)20(32)27-11(2)18-24-9-26-28-18/h3-9,11,17H,1-2H3,(H,27,32)(H,24,26,28)/t11-/m0/s1. The van der Waals surface area contributed by atoms with Gasteiger partial charge in [0.1, 0.15) is 17.7 Å². The van der Waals surface area contributed by atoms with Crippen LogP contribution in [0.25, 0.3) is 21.9 Å². The number of fused-ring (bicyclic) bond motifs is 1. The lowest BCUT2D eigenvalue weighted by Crippen LogP contribution is -2.28. The summed E-state index contributed by atoms with van der Waals surface area (Å²) in [5, 5.41) is 17.9. The van der Waals surface area contributed by atoms with Crippen molar-refractivity contribution in [1.29, 1.82) is 0 Å². The Hall–Kier alpha value is -4.00. The molecule has 0 saturated heterocycles. The second-order valence-corrected chi connectivity index (χ2v) is 8.59. The van der Waals surface area contributed by atoms with Crippen LogP contribution < -0.4 is 5.32 Å². The second-order valence-electron chi connectivity index (χ2n) is 7.30. The first-order valence-electron chi connectivity index (χ1n) is 9.86. The largest absolute Gasteiger partial charge is 0.342 e. The van der Waals surface area contributed by atoms with Crippen molar-refractivity contribution in [3.8, 4) is 16.3 Å². The summed E-state index contributed by atoms with van der Waals surface area (Å²) in [6.07, 6.45) is 2.87. The highest BCUT2D eigenvalue weighted by atomic mass is 32.1. The van der Waals surface area contributed by atoms with Crippen LogP contribution in [0.3, 0.4) is 0 Å². The molecule has 13 heteroatoms. The number of hydrogen-bond acceptors (Lipinski definition) is 7. The zero-order valence-corrected chi connectivity index (χ0v) is 18.2. The molecule has 33 heavy (non-hydrogen) atoms. The molecular formula is C20H17F2N9OS. The van der Waals surface area contributed by atoms with Gasteiger partial charge in [0.2, 0.25) is 0 Å². The Morgan fingerprint density at radius 1 is 1.24 bits per heavy atom. The number of alkyl halides is 2. The third-order valence-corrected chi connectivity index (χ3v) is 6.09. The summed E-state index contributed by atoms with van der Waals surface area (Å²) in [6, 6.07) is 4.93. The zero-order chi connectivity index (χ0) is 23.1. The fourth-order valence-corrected chi connectivity index (χ4v) is 4.33. The molecule has 0 fully saturated rings. The molecule has 0 aromatic carbocycles. The Morgan fingerprint density at radius 2 is 2.09 bits per heavy atom. The number of aryl methyl sites for hydroxylation is 1. The van der Waals surface area contributed by atoms with Gasteiger partial charge in [-0.2, -0.15) is 0 Å². The number of thiophene rings is 1. The Kier molecular flexibility index (Phi) is 5.17. The summed E-state index contributed by atoms with van der Waals surface area (Å²) < 4.78 is 29.9. The van der Waals surface area contributed by atoms with Gasteiger partial charge in [-0.25, -0.2) is 18.4 Å². The van der Waals surface area contributed by atoms with E-state index in [9.17, 15) is 13.6 Å². The maximum absolute atomic E-state index is 13.6. The van der Waals surface area contributed by atoms with Crippen LogP contribution in [-0.2, 0) is 0 Å². The first-order chi connectivity index (χ1) is 15.9. The number of rotatable bonds is 6. The number of nitrogens with one attached hydrogen (secondary N) is 2. The molecule has 10 nitrogen and oxygen atoms in total. The smallest absolute Gasteiger partial charge is 0.282 e. The number of carbonyl (C=O) groups excluding carboxylic acids is 1. The Bertz CT molecular complexity index is 1440. The summed E-state index contributed by atoms with van der Waals surface area (Å²) >= 11 is 1.56.